The van der Waals surface area contributed by atoms with Crippen LogP contribution in [0, 0.1) is 10.8 Å². The summed E-state index contributed by atoms with van der Waals surface area (Å²) in [5, 5.41) is 11.2. The Morgan fingerprint density at radius 1 is 1.34 bits per heavy atom. The Morgan fingerprint density at radius 3 is 2.72 bits per heavy atom. The van der Waals surface area contributed by atoms with Crippen molar-refractivity contribution in [2.75, 3.05) is 32.5 Å². The molecule has 0 aromatic carbocycles. The van der Waals surface area contributed by atoms with Gasteiger partial charge in [-0.15, -0.1) is 4.91 Å². The second-order valence-electron chi connectivity index (χ2n) is 7.70. The Morgan fingerprint density at radius 2 is 2.09 bits per heavy atom. The largest absolute Gasteiger partial charge is 0.453 e. The third-order valence-electron chi connectivity index (χ3n) is 4.81. The minimum atomic E-state index is -1.34. The van der Waals surface area contributed by atoms with Gasteiger partial charge in [0.05, 0.1) is 24.3 Å². The van der Waals surface area contributed by atoms with Gasteiger partial charge in [0.15, 0.2) is 11.9 Å². The van der Waals surface area contributed by atoms with Gasteiger partial charge in [-0.05, 0) is 26.2 Å². The number of nitrogens with two attached hydrogens (primary N) is 1. The maximum Gasteiger partial charge on any atom is 0.234 e. The van der Waals surface area contributed by atoms with Crippen LogP contribution in [0.3, 0.4) is 0 Å². The second kappa shape index (κ2) is 11.0. The van der Waals surface area contributed by atoms with Crippen molar-refractivity contribution in [1.82, 2.24) is 25.5 Å². The number of amides is 1. The van der Waals surface area contributed by atoms with Crippen LogP contribution in [0.1, 0.15) is 5.69 Å². The highest BCUT2D eigenvalue weighted by Crippen LogP contribution is 2.29. The normalized spacial score (nSPS) is 20.4. The molecule has 3 heterocycles. The van der Waals surface area contributed by atoms with Crippen molar-refractivity contribution >= 4 is 11.6 Å². The monoisotopic (exact) mass is 446 g/mol. The van der Waals surface area contributed by atoms with Gasteiger partial charge in [-0.25, -0.2) is 4.39 Å². The fourth-order valence-corrected chi connectivity index (χ4v) is 3.27. The van der Waals surface area contributed by atoms with Crippen molar-refractivity contribution in [1.29, 1.82) is 0 Å². The van der Waals surface area contributed by atoms with Crippen molar-refractivity contribution in [3.05, 3.63) is 47.4 Å². The Hall–Kier alpha value is -3.06. The Bertz CT molecular complexity index is 906. The van der Waals surface area contributed by atoms with E-state index in [0.717, 1.165) is 5.69 Å². The van der Waals surface area contributed by atoms with Crippen LogP contribution in [0.5, 0.6) is 11.5 Å². The van der Waals surface area contributed by atoms with Crippen molar-refractivity contribution in [3.63, 3.8) is 0 Å². The van der Waals surface area contributed by atoms with E-state index in [2.05, 4.69) is 31.1 Å². The highest BCUT2D eigenvalue weighted by atomic mass is 19.1. The molecule has 0 bridgehead atoms. The molecule has 2 atom stereocenters. The summed E-state index contributed by atoms with van der Waals surface area (Å²) in [6.07, 6.45) is 1.35. The summed E-state index contributed by atoms with van der Waals surface area (Å²) in [4.78, 5) is 34.4. The molecule has 0 spiro atoms. The van der Waals surface area contributed by atoms with Gasteiger partial charge in [0.1, 0.15) is 23.5 Å². The lowest BCUT2D eigenvalue weighted by Crippen LogP contribution is -2.62. The first-order chi connectivity index (χ1) is 15.4. The quantitative estimate of drug-likeness (QED) is 0.411. The molecule has 5 N–H and O–H groups in total. The molecule has 0 radical (unpaired) electrons. The van der Waals surface area contributed by atoms with Gasteiger partial charge < -0.3 is 20.7 Å². The first kappa shape index (κ1) is 23.6. The maximum atomic E-state index is 13.4. The Labute approximate surface area is 184 Å². The van der Waals surface area contributed by atoms with Crippen LogP contribution in [0.4, 0.5) is 10.1 Å². The molecule has 11 nitrogen and oxygen atoms in total. The number of pyridine rings is 2. The summed E-state index contributed by atoms with van der Waals surface area (Å²) in [7, 11) is 3.90. The second-order valence-corrected chi connectivity index (χ2v) is 7.70. The highest BCUT2D eigenvalue weighted by Gasteiger charge is 2.37. The molecular formula is C20H27FN8O3. The average molecular weight is 446 g/mol. The number of alkyl halides is 1. The lowest BCUT2D eigenvalue weighted by molar-refractivity contribution is -0.122. The molecular weight excluding hydrogens is 419 g/mol. The minimum Gasteiger partial charge on any atom is -0.453 e. The molecule has 2 aromatic heterocycles. The van der Waals surface area contributed by atoms with Gasteiger partial charge in [0.25, 0.3) is 0 Å². The smallest absolute Gasteiger partial charge is 0.234 e. The molecule has 1 fully saturated rings. The molecule has 0 saturated carbocycles. The third-order valence-corrected chi connectivity index (χ3v) is 4.81. The zero-order valence-electron chi connectivity index (χ0n) is 17.9. The van der Waals surface area contributed by atoms with Gasteiger partial charge >= 0.3 is 0 Å². The van der Waals surface area contributed by atoms with E-state index in [9.17, 15) is 14.1 Å². The van der Waals surface area contributed by atoms with Crippen LogP contribution in [0.15, 0.2) is 42.0 Å². The molecule has 0 aliphatic carbocycles. The van der Waals surface area contributed by atoms with Crippen LogP contribution in [0.2, 0.25) is 0 Å². The molecule has 1 aliphatic heterocycles. The predicted molar refractivity (Wildman–Crippen MR) is 117 cm³/mol. The van der Waals surface area contributed by atoms with E-state index in [1.807, 2.05) is 25.1 Å². The van der Waals surface area contributed by atoms with Crippen LogP contribution in [-0.4, -0.2) is 66.5 Å². The number of halogens is 1. The number of hydrogen-bond acceptors (Lipinski definition) is 10. The van der Waals surface area contributed by atoms with Crippen molar-refractivity contribution in [2.45, 2.75) is 25.0 Å². The molecule has 32 heavy (non-hydrogen) atoms. The number of hydrogen-bond donors (Lipinski definition) is 4. The predicted octanol–water partition coefficient (Wildman–Crippen LogP) is 0.793. The first-order valence-corrected chi connectivity index (χ1v) is 10.1. The van der Waals surface area contributed by atoms with Crippen LogP contribution >= 0.6 is 0 Å². The Kier molecular flexibility index (Phi) is 8.11. The number of ether oxygens (including phenoxy) is 1. The highest BCUT2D eigenvalue weighted by molar-refractivity contribution is 5.94. The number of carbonyl (C=O) groups excluding carboxylic acids is 1. The average Bonchev–Trinajstić information content (AvgIpc) is 2.77. The number of carbonyl (C=O) groups is 1. The van der Waals surface area contributed by atoms with Crippen molar-refractivity contribution < 1.29 is 13.9 Å². The number of anilines is 1. The van der Waals surface area contributed by atoms with Crippen LogP contribution < -0.4 is 26.4 Å². The summed E-state index contributed by atoms with van der Waals surface area (Å²) in [5.41, 5.74) is 6.93. The standard InChI is InChI=1S/C20H27FN8O3/c1-29(2)11-13-3-4-14(9-24-13)32-16-5-6-23-10-15(16)27-20(30)17(18(22)28-31)19-25-7-12(21)8-26-19/h3-6,9-10,12,17-19,25-26H,7-8,11,22H2,1-2H3,(H,27,30). The number of nitroso groups, excluding NO2 is 1. The summed E-state index contributed by atoms with van der Waals surface area (Å²) in [5.74, 6) is -0.867. The van der Waals surface area contributed by atoms with Gasteiger partial charge in [-0.3, -0.25) is 25.4 Å². The summed E-state index contributed by atoms with van der Waals surface area (Å²) < 4.78 is 19.3. The van der Waals surface area contributed by atoms with Gasteiger partial charge in [-0.1, -0.05) is 5.18 Å². The number of rotatable bonds is 9. The number of aromatic nitrogens is 2. The first-order valence-electron chi connectivity index (χ1n) is 10.1. The van der Waals surface area contributed by atoms with Gasteiger partial charge in [-0.2, -0.15) is 0 Å². The van der Waals surface area contributed by atoms with Crippen LogP contribution in [-0.2, 0) is 11.3 Å². The zero-order chi connectivity index (χ0) is 23.1. The van der Waals surface area contributed by atoms with E-state index in [1.54, 1.807) is 18.3 Å². The van der Waals surface area contributed by atoms with Crippen LogP contribution in [0.25, 0.3) is 0 Å². The van der Waals surface area contributed by atoms with E-state index < -0.39 is 30.3 Å². The minimum absolute atomic E-state index is 0.0328. The topological polar surface area (TPSA) is 147 Å². The number of nitrogens with one attached hydrogen (secondary N) is 3. The summed E-state index contributed by atoms with van der Waals surface area (Å²) in [6.45, 7) is 0.756. The molecule has 3 rings (SSSR count). The van der Waals surface area contributed by atoms with E-state index in [-0.39, 0.29) is 18.8 Å². The van der Waals surface area contributed by atoms with Gasteiger partial charge in [0, 0.05) is 31.9 Å². The molecule has 1 saturated heterocycles. The van der Waals surface area contributed by atoms with Gasteiger partial charge in [0.2, 0.25) is 5.91 Å². The zero-order valence-corrected chi connectivity index (χ0v) is 17.9. The molecule has 2 aromatic rings. The van der Waals surface area contributed by atoms with E-state index >= 15 is 0 Å². The summed E-state index contributed by atoms with van der Waals surface area (Å²) in [6, 6.07) is 5.20. The summed E-state index contributed by atoms with van der Waals surface area (Å²) >= 11 is 0. The van der Waals surface area contributed by atoms with E-state index in [1.165, 1.54) is 12.4 Å². The van der Waals surface area contributed by atoms with Crippen molar-refractivity contribution in [2.24, 2.45) is 16.8 Å². The molecule has 2 unspecified atom stereocenters. The van der Waals surface area contributed by atoms with Crippen molar-refractivity contribution in [3.8, 4) is 11.5 Å². The molecule has 1 amide bonds. The van der Waals surface area contributed by atoms with E-state index in [4.69, 9.17) is 10.5 Å². The molecule has 12 heteroatoms. The number of nitrogens with zero attached hydrogens (tertiary/aromatic N) is 4. The molecule has 172 valence electrons. The fraction of sp³-hybridized carbons (Fsp3) is 0.450. The fourth-order valence-electron chi connectivity index (χ4n) is 3.27. The third kappa shape index (κ3) is 6.23. The maximum absolute atomic E-state index is 13.4. The Balaban J connectivity index is 1.73. The lowest BCUT2D eigenvalue weighted by atomic mass is 9.99. The SMILES string of the molecule is CN(C)Cc1ccc(Oc2ccncc2NC(=O)C(C(N)N=O)C2NCC(F)CN2)cn1. The molecule has 1 aliphatic rings. The van der Waals surface area contributed by atoms with E-state index in [0.29, 0.717) is 18.0 Å². The lowest BCUT2D eigenvalue weighted by Gasteiger charge is -2.33.